The van der Waals surface area contributed by atoms with Crippen molar-refractivity contribution < 1.29 is 27.9 Å². The summed E-state index contributed by atoms with van der Waals surface area (Å²) in [5.74, 6) is -1.51. The first-order valence-corrected chi connectivity index (χ1v) is 8.03. The summed E-state index contributed by atoms with van der Waals surface area (Å²) >= 11 is 0. The fourth-order valence-corrected chi connectivity index (χ4v) is 3.03. The number of benzene rings is 1. The van der Waals surface area contributed by atoms with Crippen molar-refractivity contribution in [2.75, 3.05) is 20.1 Å². The topological polar surface area (TPSA) is 69.6 Å². The summed E-state index contributed by atoms with van der Waals surface area (Å²) < 4.78 is 40.5. The standard InChI is InChI=1S/C17H21F3N2O3/c1-21-15(24)12-6-5-9-22(11-12)14(23)10-16(25,17(18,19)20)13-7-3-2-4-8-13/h2-4,7-8,12,25H,5-6,9-11H2,1H3,(H,21,24)/t12-,16-/m1/s1. The number of amides is 2. The molecule has 2 N–H and O–H groups in total. The summed E-state index contributed by atoms with van der Waals surface area (Å²) in [5, 5.41) is 12.8. The summed E-state index contributed by atoms with van der Waals surface area (Å²) in [6.45, 7) is 0.330. The highest BCUT2D eigenvalue weighted by molar-refractivity contribution is 5.81. The van der Waals surface area contributed by atoms with Crippen LogP contribution in [0.1, 0.15) is 24.8 Å². The third kappa shape index (κ3) is 4.12. The molecule has 25 heavy (non-hydrogen) atoms. The van der Waals surface area contributed by atoms with Gasteiger partial charge >= 0.3 is 6.18 Å². The molecule has 5 nitrogen and oxygen atoms in total. The van der Waals surface area contributed by atoms with Crippen LogP contribution in [0.3, 0.4) is 0 Å². The van der Waals surface area contributed by atoms with Crippen molar-refractivity contribution in [2.45, 2.75) is 31.0 Å². The SMILES string of the molecule is CNC(=O)[C@@H]1CCCN(C(=O)C[C@@](O)(c2ccccc2)C(F)(F)F)C1. The predicted octanol–water partition coefficient (Wildman–Crippen LogP) is 1.81. The van der Waals surface area contributed by atoms with E-state index in [4.69, 9.17) is 0 Å². The van der Waals surface area contributed by atoms with Crippen LogP contribution in [0.5, 0.6) is 0 Å². The third-order valence-corrected chi connectivity index (χ3v) is 4.52. The van der Waals surface area contributed by atoms with Crippen LogP contribution in [0, 0.1) is 5.92 Å². The Morgan fingerprint density at radius 2 is 1.92 bits per heavy atom. The van der Waals surface area contributed by atoms with Gasteiger partial charge in [0.15, 0.2) is 5.60 Å². The number of nitrogens with one attached hydrogen (secondary N) is 1. The molecule has 1 heterocycles. The van der Waals surface area contributed by atoms with Gasteiger partial charge in [0.1, 0.15) is 0 Å². The van der Waals surface area contributed by atoms with E-state index in [1.807, 2.05) is 0 Å². The fourth-order valence-electron chi connectivity index (χ4n) is 3.03. The van der Waals surface area contributed by atoms with Crippen molar-refractivity contribution in [3.8, 4) is 0 Å². The summed E-state index contributed by atoms with van der Waals surface area (Å²) in [6.07, 6.45) is -5.01. The van der Waals surface area contributed by atoms with Gasteiger partial charge in [0.25, 0.3) is 0 Å². The third-order valence-electron chi connectivity index (χ3n) is 4.52. The Bertz CT molecular complexity index is 621. The van der Waals surface area contributed by atoms with Crippen molar-refractivity contribution in [3.63, 3.8) is 0 Å². The molecule has 138 valence electrons. The maximum atomic E-state index is 13.5. The van der Waals surface area contributed by atoms with E-state index < -0.39 is 30.0 Å². The summed E-state index contributed by atoms with van der Waals surface area (Å²) in [6, 6.07) is 6.56. The zero-order chi connectivity index (χ0) is 18.7. The number of carbonyl (C=O) groups excluding carboxylic acids is 2. The zero-order valence-electron chi connectivity index (χ0n) is 13.8. The molecule has 1 fully saturated rings. The first kappa shape index (κ1) is 19.2. The van der Waals surface area contributed by atoms with Gasteiger partial charge in [0.2, 0.25) is 11.8 Å². The molecule has 1 aliphatic rings. The number of nitrogens with zero attached hydrogens (tertiary/aromatic N) is 1. The summed E-state index contributed by atoms with van der Waals surface area (Å²) in [5.41, 5.74) is -3.64. The Labute approximate surface area is 143 Å². The Morgan fingerprint density at radius 3 is 2.48 bits per heavy atom. The van der Waals surface area contributed by atoms with Gasteiger partial charge in [0.05, 0.1) is 12.3 Å². The lowest BCUT2D eigenvalue weighted by molar-refractivity contribution is -0.268. The van der Waals surface area contributed by atoms with E-state index >= 15 is 0 Å². The van der Waals surface area contributed by atoms with Crippen molar-refractivity contribution in [1.29, 1.82) is 0 Å². The van der Waals surface area contributed by atoms with Crippen molar-refractivity contribution in [3.05, 3.63) is 35.9 Å². The molecule has 1 aliphatic heterocycles. The molecule has 2 rings (SSSR count). The monoisotopic (exact) mass is 358 g/mol. The van der Waals surface area contributed by atoms with E-state index in [9.17, 15) is 27.9 Å². The molecule has 8 heteroatoms. The maximum Gasteiger partial charge on any atom is 0.421 e. The lowest BCUT2D eigenvalue weighted by atomic mass is 9.88. The van der Waals surface area contributed by atoms with E-state index in [-0.39, 0.29) is 24.6 Å². The largest absolute Gasteiger partial charge is 0.421 e. The number of likely N-dealkylation sites (tertiary alicyclic amines) is 1. The van der Waals surface area contributed by atoms with Gasteiger partial charge in [-0.2, -0.15) is 13.2 Å². The zero-order valence-corrected chi connectivity index (χ0v) is 13.8. The average Bonchev–Trinajstić information content (AvgIpc) is 2.60. The molecule has 0 spiro atoms. The second-order valence-electron chi connectivity index (χ2n) is 6.19. The minimum Gasteiger partial charge on any atom is -0.376 e. The number of rotatable bonds is 4. The van der Waals surface area contributed by atoms with E-state index in [1.165, 1.54) is 30.1 Å². The Kier molecular flexibility index (Phi) is 5.72. The van der Waals surface area contributed by atoms with Crippen LogP contribution in [0.25, 0.3) is 0 Å². The second kappa shape index (κ2) is 7.43. The normalized spacial score (nSPS) is 20.7. The Morgan fingerprint density at radius 1 is 1.28 bits per heavy atom. The number of alkyl halides is 3. The van der Waals surface area contributed by atoms with Gasteiger partial charge in [-0.3, -0.25) is 9.59 Å². The van der Waals surface area contributed by atoms with Crippen LogP contribution in [-0.4, -0.2) is 48.1 Å². The first-order valence-electron chi connectivity index (χ1n) is 8.03. The average molecular weight is 358 g/mol. The molecule has 2 atom stereocenters. The van der Waals surface area contributed by atoms with Crippen molar-refractivity contribution in [1.82, 2.24) is 10.2 Å². The summed E-state index contributed by atoms with van der Waals surface area (Å²) in [4.78, 5) is 25.4. The predicted molar refractivity (Wildman–Crippen MR) is 84.4 cm³/mol. The second-order valence-corrected chi connectivity index (χ2v) is 6.19. The highest BCUT2D eigenvalue weighted by Crippen LogP contribution is 2.42. The van der Waals surface area contributed by atoms with Crippen molar-refractivity contribution in [2.24, 2.45) is 5.92 Å². The molecular weight excluding hydrogens is 337 g/mol. The lowest BCUT2D eigenvalue weighted by Crippen LogP contribution is -2.50. The van der Waals surface area contributed by atoms with Gasteiger partial charge in [-0.1, -0.05) is 30.3 Å². The van der Waals surface area contributed by atoms with Crippen LogP contribution < -0.4 is 5.32 Å². The molecule has 1 aromatic carbocycles. The highest BCUT2D eigenvalue weighted by atomic mass is 19.4. The fraction of sp³-hybridized carbons (Fsp3) is 0.529. The number of carbonyl (C=O) groups is 2. The molecule has 1 saturated heterocycles. The van der Waals surface area contributed by atoms with Gasteiger partial charge in [-0.05, 0) is 18.4 Å². The lowest BCUT2D eigenvalue weighted by Gasteiger charge is -2.36. The molecule has 0 saturated carbocycles. The molecule has 2 amide bonds. The van der Waals surface area contributed by atoms with E-state index in [0.29, 0.717) is 12.8 Å². The van der Waals surface area contributed by atoms with Gasteiger partial charge in [0, 0.05) is 20.1 Å². The molecule has 0 unspecified atom stereocenters. The van der Waals surface area contributed by atoms with Gasteiger partial charge in [-0.15, -0.1) is 0 Å². The van der Waals surface area contributed by atoms with E-state index in [0.717, 1.165) is 12.1 Å². The number of hydrogen-bond acceptors (Lipinski definition) is 3. The molecule has 0 bridgehead atoms. The van der Waals surface area contributed by atoms with Crippen LogP contribution in [0.4, 0.5) is 13.2 Å². The number of aliphatic hydroxyl groups is 1. The van der Waals surface area contributed by atoms with E-state index in [1.54, 1.807) is 0 Å². The molecule has 0 aromatic heterocycles. The number of piperidine rings is 1. The quantitative estimate of drug-likeness (QED) is 0.863. The van der Waals surface area contributed by atoms with Crippen LogP contribution in [-0.2, 0) is 15.2 Å². The van der Waals surface area contributed by atoms with Crippen molar-refractivity contribution >= 4 is 11.8 Å². The minimum absolute atomic E-state index is 0.0568. The Hall–Kier alpha value is -2.09. The first-order chi connectivity index (χ1) is 11.7. The van der Waals surface area contributed by atoms with Crippen LogP contribution >= 0.6 is 0 Å². The molecule has 0 aliphatic carbocycles. The minimum atomic E-state index is -5.00. The van der Waals surface area contributed by atoms with Crippen LogP contribution in [0.2, 0.25) is 0 Å². The molecule has 0 radical (unpaired) electrons. The van der Waals surface area contributed by atoms with Crippen LogP contribution in [0.15, 0.2) is 30.3 Å². The number of hydrogen-bond donors (Lipinski definition) is 2. The highest BCUT2D eigenvalue weighted by Gasteiger charge is 2.56. The van der Waals surface area contributed by atoms with E-state index in [2.05, 4.69) is 5.32 Å². The number of halogens is 3. The molecule has 1 aromatic rings. The molecular formula is C17H21F3N2O3. The Balaban J connectivity index is 2.19. The van der Waals surface area contributed by atoms with Gasteiger partial charge < -0.3 is 15.3 Å². The van der Waals surface area contributed by atoms with Gasteiger partial charge in [-0.25, -0.2) is 0 Å². The maximum absolute atomic E-state index is 13.5. The smallest absolute Gasteiger partial charge is 0.376 e. The summed E-state index contributed by atoms with van der Waals surface area (Å²) in [7, 11) is 1.47.